The highest BCUT2D eigenvalue weighted by molar-refractivity contribution is 5.94. The third-order valence-corrected chi connectivity index (χ3v) is 4.45. The molecule has 1 saturated heterocycles. The molecule has 1 atom stereocenters. The molecule has 3 rings (SSSR count). The lowest BCUT2D eigenvalue weighted by molar-refractivity contribution is -0.129. The summed E-state index contributed by atoms with van der Waals surface area (Å²) in [4.78, 5) is 26.2. The van der Waals surface area contributed by atoms with E-state index in [-0.39, 0.29) is 23.7 Å². The molecular formula is C20H21FN2O2. The van der Waals surface area contributed by atoms with Crippen LogP contribution in [0.5, 0.6) is 0 Å². The highest BCUT2D eigenvalue weighted by Gasteiger charge is 2.28. The van der Waals surface area contributed by atoms with Crippen LogP contribution in [0.15, 0.2) is 54.6 Å². The third kappa shape index (κ3) is 4.44. The molecule has 130 valence electrons. The summed E-state index contributed by atoms with van der Waals surface area (Å²) >= 11 is 0. The van der Waals surface area contributed by atoms with Crippen molar-refractivity contribution in [3.05, 3.63) is 71.5 Å². The molecule has 0 radical (unpaired) electrons. The van der Waals surface area contributed by atoms with Crippen molar-refractivity contribution in [1.82, 2.24) is 10.2 Å². The lowest BCUT2D eigenvalue weighted by Crippen LogP contribution is -2.45. The number of nitrogens with one attached hydrogen (secondary N) is 1. The van der Waals surface area contributed by atoms with Crippen molar-refractivity contribution in [2.24, 2.45) is 0 Å². The molecule has 1 heterocycles. The number of amides is 2. The molecule has 5 heteroatoms. The molecular weight excluding hydrogens is 319 g/mol. The van der Waals surface area contributed by atoms with Gasteiger partial charge in [-0.1, -0.05) is 30.3 Å². The zero-order chi connectivity index (χ0) is 17.6. The lowest BCUT2D eigenvalue weighted by atomic mass is 10.0. The Hall–Kier alpha value is -2.69. The first-order valence-corrected chi connectivity index (χ1v) is 8.50. The Morgan fingerprint density at radius 1 is 1.16 bits per heavy atom. The van der Waals surface area contributed by atoms with Crippen LogP contribution in [0.1, 0.15) is 28.8 Å². The minimum Gasteiger partial charge on any atom is -0.350 e. The number of likely N-dealkylation sites (tertiary alicyclic amines) is 1. The maximum Gasteiger partial charge on any atom is 0.251 e. The number of nitrogens with zero attached hydrogens (tertiary/aromatic N) is 1. The zero-order valence-corrected chi connectivity index (χ0v) is 14.0. The smallest absolute Gasteiger partial charge is 0.251 e. The Balaban J connectivity index is 1.70. The fourth-order valence-electron chi connectivity index (χ4n) is 3.19. The van der Waals surface area contributed by atoms with Crippen molar-refractivity contribution in [3.8, 4) is 0 Å². The fourth-order valence-corrected chi connectivity index (χ4v) is 3.19. The predicted molar refractivity (Wildman–Crippen MR) is 93.6 cm³/mol. The molecule has 2 aromatic rings. The summed E-state index contributed by atoms with van der Waals surface area (Å²) in [6, 6.07) is 15.2. The summed E-state index contributed by atoms with van der Waals surface area (Å²) in [5, 5.41) is 2.90. The van der Waals surface area contributed by atoms with E-state index in [1.807, 2.05) is 24.3 Å². The van der Waals surface area contributed by atoms with E-state index in [9.17, 15) is 14.0 Å². The van der Waals surface area contributed by atoms with Crippen LogP contribution in [0.2, 0.25) is 0 Å². The van der Waals surface area contributed by atoms with Gasteiger partial charge in [-0.05, 0) is 42.7 Å². The number of carbonyl (C=O) groups is 2. The van der Waals surface area contributed by atoms with Gasteiger partial charge in [0.25, 0.3) is 5.91 Å². The molecule has 2 amide bonds. The summed E-state index contributed by atoms with van der Waals surface area (Å²) in [6.07, 6.45) is 1.87. The molecule has 4 nitrogen and oxygen atoms in total. The van der Waals surface area contributed by atoms with Crippen molar-refractivity contribution in [2.75, 3.05) is 13.1 Å². The summed E-state index contributed by atoms with van der Waals surface area (Å²) in [5.74, 6) is -0.371. The van der Waals surface area contributed by atoms with Crippen LogP contribution in [-0.4, -0.2) is 35.8 Å². The Morgan fingerprint density at radius 2 is 1.96 bits per heavy atom. The Morgan fingerprint density at radius 3 is 2.64 bits per heavy atom. The number of carbonyl (C=O) groups excluding carboxylic acids is 2. The molecule has 0 aromatic heterocycles. The summed E-state index contributed by atoms with van der Waals surface area (Å²) < 4.78 is 13.5. The number of hydrogen-bond donors (Lipinski definition) is 1. The fraction of sp³-hybridized carbons (Fsp3) is 0.300. The minimum absolute atomic E-state index is 0.0929. The molecule has 0 spiro atoms. The highest BCUT2D eigenvalue weighted by atomic mass is 19.1. The van der Waals surface area contributed by atoms with Crippen LogP contribution < -0.4 is 5.32 Å². The normalized spacial score (nSPS) is 15.2. The van der Waals surface area contributed by atoms with Crippen LogP contribution in [-0.2, 0) is 11.2 Å². The van der Waals surface area contributed by atoms with Gasteiger partial charge in [-0.15, -0.1) is 0 Å². The second kappa shape index (κ2) is 7.92. The van der Waals surface area contributed by atoms with Crippen LogP contribution in [0.4, 0.5) is 4.39 Å². The van der Waals surface area contributed by atoms with Crippen molar-refractivity contribution in [1.29, 1.82) is 0 Å². The van der Waals surface area contributed by atoms with Gasteiger partial charge < -0.3 is 10.2 Å². The van der Waals surface area contributed by atoms with E-state index in [0.717, 1.165) is 12.0 Å². The van der Waals surface area contributed by atoms with Crippen molar-refractivity contribution in [3.63, 3.8) is 0 Å². The summed E-state index contributed by atoms with van der Waals surface area (Å²) in [5.41, 5.74) is 1.40. The van der Waals surface area contributed by atoms with Crippen molar-refractivity contribution < 1.29 is 14.0 Å². The SMILES string of the molecule is O=C(NC[C@@H](Cc1cccc(F)c1)N1CCCC1=O)c1ccccc1. The van der Waals surface area contributed by atoms with E-state index in [1.54, 1.807) is 23.1 Å². The van der Waals surface area contributed by atoms with E-state index < -0.39 is 0 Å². The van der Waals surface area contributed by atoms with Crippen molar-refractivity contribution in [2.45, 2.75) is 25.3 Å². The molecule has 0 saturated carbocycles. The van der Waals surface area contributed by atoms with Crippen LogP contribution in [0.25, 0.3) is 0 Å². The van der Waals surface area contributed by atoms with E-state index in [4.69, 9.17) is 0 Å². The average Bonchev–Trinajstić information content (AvgIpc) is 3.05. The maximum absolute atomic E-state index is 13.5. The van der Waals surface area contributed by atoms with Gasteiger partial charge in [-0.2, -0.15) is 0 Å². The topological polar surface area (TPSA) is 49.4 Å². The van der Waals surface area contributed by atoms with Gasteiger partial charge in [0, 0.05) is 25.1 Å². The van der Waals surface area contributed by atoms with Gasteiger partial charge >= 0.3 is 0 Å². The molecule has 1 aliphatic heterocycles. The molecule has 0 aliphatic carbocycles. The first-order chi connectivity index (χ1) is 12.1. The predicted octanol–water partition coefficient (Wildman–Crippen LogP) is 2.79. The largest absolute Gasteiger partial charge is 0.350 e. The Labute approximate surface area is 146 Å². The van der Waals surface area contributed by atoms with E-state index in [0.29, 0.717) is 31.5 Å². The average molecular weight is 340 g/mol. The van der Waals surface area contributed by atoms with E-state index in [1.165, 1.54) is 12.1 Å². The molecule has 1 aliphatic rings. The second-order valence-electron chi connectivity index (χ2n) is 6.25. The maximum atomic E-state index is 13.5. The Bertz CT molecular complexity index is 748. The first kappa shape index (κ1) is 17.1. The third-order valence-electron chi connectivity index (χ3n) is 4.45. The van der Waals surface area contributed by atoms with Gasteiger partial charge in [0.2, 0.25) is 5.91 Å². The van der Waals surface area contributed by atoms with Gasteiger partial charge in [0.05, 0.1) is 6.04 Å². The molecule has 1 N–H and O–H groups in total. The summed E-state index contributed by atoms with van der Waals surface area (Å²) in [7, 11) is 0. The first-order valence-electron chi connectivity index (χ1n) is 8.50. The van der Waals surface area contributed by atoms with Gasteiger partial charge in [-0.3, -0.25) is 9.59 Å². The monoisotopic (exact) mass is 340 g/mol. The second-order valence-corrected chi connectivity index (χ2v) is 6.25. The molecule has 25 heavy (non-hydrogen) atoms. The molecule has 0 unspecified atom stereocenters. The summed E-state index contributed by atoms with van der Waals surface area (Å²) in [6.45, 7) is 1.02. The number of halogens is 1. The molecule has 0 bridgehead atoms. The van der Waals surface area contributed by atoms with Crippen molar-refractivity contribution >= 4 is 11.8 Å². The molecule has 2 aromatic carbocycles. The lowest BCUT2D eigenvalue weighted by Gasteiger charge is -2.28. The quantitative estimate of drug-likeness (QED) is 0.879. The van der Waals surface area contributed by atoms with Crippen LogP contribution >= 0.6 is 0 Å². The Kier molecular flexibility index (Phi) is 5.43. The minimum atomic E-state index is -0.294. The standard InChI is InChI=1S/C20H21FN2O2/c21-17-9-4-6-15(12-17)13-18(23-11-5-10-19(23)24)14-22-20(25)16-7-2-1-3-8-16/h1-4,6-9,12,18H,5,10-11,13-14H2,(H,22,25)/t18-/m1/s1. The van der Waals surface area contributed by atoms with Gasteiger partial charge in [0.1, 0.15) is 5.82 Å². The van der Waals surface area contributed by atoms with Crippen LogP contribution in [0.3, 0.4) is 0 Å². The van der Waals surface area contributed by atoms with E-state index >= 15 is 0 Å². The van der Waals surface area contributed by atoms with Gasteiger partial charge in [0.15, 0.2) is 0 Å². The molecule has 1 fully saturated rings. The highest BCUT2D eigenvalue weighted by Crippen LogP contribution is 2.17. The zero-order valence-electron chi connectivity index (χ0n) is 14.0. The van der Waals surface area contributed by atoms with E-state index in [2.05, 4.69) is 5.32 Å². The van der Waals surface area contributed by atoms with Crippen LogP contribution in [0, 0.1) is 5.82 Å². The number of benzene rings is 2. The van der Waals surface area contributed by atoms with Gasteiger partial charge in [-0.25, -0.2) is 4.39 Å². The number of rotatable bonds is 6. The number of hydrogen-bond acceptors (Lipinski definition) is 2.